The first kappa shape index (κ1) is 10.3. The van der Waals surface area contributed by atoms with Crippen molar-refractivity contribution in [2.24, 2.45) is 0 Å². The molecule has 2 aromatic rings. The van der Waals surface area contributed by atoms with Gasteiger partial charge in [-0.1, -0.05) is 0 Å². The Morgan fingerprint density at radius 1 is 1.35 bits per heavy atom. The molecule has 1 aliphatic heterocycles. The van der Waals surface area contributed by atoms with Gasteiger partial charge in [-0.05, 0) is 24.6 Å². The minimum absolute atomic E-state index is 0.339. The number of hydrogen-bond donors (Lipinski definition) is 2. The van der Waals surface area contributed by atoms with E-state index in [1.165, 1.54) is 0 Å². The predicted octanol–water partition coefficient (Wildman–Crippen LogP) is 1.41. The molecule has 1 atom stereocenters. The molecule has 5 nitrogen and oxygen atoms in total. The molecular formula is C12H14N4O. The molecule has 0 bridgehead atoms. The number of nitrogens with zero attached hydrogens (tertiary/aromatic N) is 2. The van der Waals surface area contributed by atoms with E-state index < -0.39 is 0 Å². The molecule has 3 N–H and O–H groups in total. The topological polar surface area (TPSA) is 73.1 Å². The largest absolute Gasteiger partial charge is 0.399 e. The highest BCUT2D eigenvalue weighted by molar-refractivity contribution is 5.90. The molecule has 1 aliphatic rings. The molecule has 0 spiro atoms. The Hall–Kier alpha value is -1.88. The van der Waals surface area contributed by atoms with Crippen molar-refractivity contribution in [3.05, 3.63) is 24.5 Å². The van der Waals surface area contributed by atoms with E-state index in [0.717, 1.165) is 36.4 Å². The van der Waals surface area contributed by atoms with Crippen molar-refractivity contribution < 1.29 is 4.74 Å². The maximum Gasteiger partial charge on any atom is 0.137 e. The molecule has 0 amide bonds. The van der Waals surface area contributed by atoms with E-state index in [1.807, 2.05) is 18.2 Å². The monoisotopic (exact) mass is 230 g/mol. The van der Waals surface area contributed by atoms with Crippen molar-refractivity contribution in [3.63, 3.8) is 0 Å². The fraction of sp³-hybridized carbons (Fsp3) is 0.333. The van der Waals surface area contributed by atoms with Gasteiger partial charge >= 0.3 is 0 Å². The summed E-state index contributed by atoms with van der Waals surface area (Å²) in [7, 11) is 0. The molecule has 0 saturated carbocycles. The second-order valence-corrected chi connectivity index (χ2v) is 4.20. The third-order valence-electron chi connectivity index (χ3n) is 2.93. The van der Waals surface area contributed by atoms with Gasteiger partial charge in [-0.3, -0.25) is 0 Å². The van der Waals surface area contributed by atoms with Crippen molar-refractivity contribution in [2.75, 3.05) is 24.3 Å². The molecule has 1 aromatic heterocycles. The zero-order valence-electron chi connectivity index (χ0n) is 9.39. The molecule has 1 unspecified atom stereocenters. The summed E-state index contributed by atoms with van der Waals surface area (Å²) in [5, 5.41) is 4.38. The predicted molar refractivity (Wildman–Crippen MR) is 66.8 cm³/mol. The summed E-state index contributed by atoms with van der Waals surface area (Å²) in [5.41, 5.74) is 7.31. The highest BCUT2D eigenvalue weighted by Crippen LogP contribution is 2.22. The second-order valence-electron chi connectivity index (χ2n) is 4.20. The standard InChI is InChI=1S/C12H14N4O/c13-8-1-2-10-11(5-8)14-7-15-12(10)16-9-3-4-17-6-9/h1-2,5,7,9H,3-4,6,13H2,(H,14,15,16). The SMILES string of the molecule is Nc1ccc2c(NC3CCOC3)ncnc2c1. The van der Waals surface area contributed by atoms with Gasteiger partial charge in [0.2, 0.25) is 0 Å². The number of nitrogen functional groups attached to an aromatic ring is 1. The molecule has 88 valence electrons. The average molecular weight is 230 g/mol. The van der Waals surface area contributed by atoms with Gasteiger partial charge in [0.15, 0.2) is 0 Å². The van der Waals surface area contributed by atoms with Crippen LogP contribution in [0.5, 0.6) is 0 Å². The Labute approximate surface area is 99.0 Å². The van der Waals surface area contributed by atoms with Gasteiger partial charge in [-0.25, -0.2) is 9.97 Å². The normalized spacial score (nSPS) is 19.6. The van der Waals surface area contributed by atoms with Crippen LogP contribution in [0.2, 0.25) is 0 Å². The van der Waals surface area contributed by atoms with Crippen molar-refractivity contribution in [3.8, 4) is 0 Å². The van der Waals surface area contributed by atoms with Gasteiger partial charge in [-0.15, -0.1) is 0 Å². The number of fused-ring (bicyclic) bond motifs is 1. The van der Waals surface area contributed by atoms with Crippen LogP contribution in [0.15, 0.2) is 24.5 Å². The highest BCUT2D eigenvalue weighted by atomic mass is 16.5. The molecule has 3 rings (SSSR count). The van der Waals surface area contributed by atoms with E-state index in [2.05, 4.69) is 15.3 Å². The number of rotatable bonds is 2. The van der Waals surface area contributed by atoms with Gasteiger partial charge < -0.3 is 15.8 Å². The van der Waals surface area contributed by atoms with Crippen LogP contribution < -0.4 is 11.1 Å². The lowest BCUT2D eigenvalue weighted by atomic mass is 10.2. The summed E-state index contributed by atoms with van der Waals surface area (Å²) < 4.78 is 5.33. The second kappa shape index (κ2) is 4.18. The molecule has 2 heterocycles. The van der Waals surface area contributed by atoms with Crippen LogP contribution in [0.4, 0.5) is 11.5 Å². The number of ether oxygens (including phenoxy) is 1. The van der Waals surface area contributed by atoms with E-state index in [1.54, 1.807) is 6.33 Å². The van der Waals surface area contributed by atoms with Crippen molar-refractivity contribution in [1.82, 2.24) is 9.97 Å². The van der Waals surface area contributed by atoms with Crippen molar-refractivity contribution in [2.45, 2.75) is 12.5 Å². The van der Waals surface area contributed by atoms with Crippen LogP contribution in [0.3, 0.4) is 0 Å². The van der Waals surface area contributed by atoms with E-state index >= 15 is 0 Å². The summed E-state index contributed by atoms with van der Waals surface area (Å²) in [4.78, 5) is 8.50. The van der Waals surface area contributed by atoms with Crippen molar-refractivity contribution in [1.29, 1.82) is 0 Å². The van der Waals surface area contributed by atoms with E-state index in [-0.39, 0.29) is 0 Å². The maximum absolute atomic E-state index is 5.74. The van der Waals surface area contributed by atoms with E-state index in [0.29, 0.717) is 11.7 Å². The van der Waals surface area contributed by atoms with Gasteiger partial charge in [0.25, 0.3) is 0 Å². The summed E-state index contributed by atoms with van der Waals surface area (Å²) in [6.07, 6.45) is 2.57. The number of hydrogen-bond acceptors (Lipinski definition) is 5. The van der Waals surface area contributed by atoms with Crippen LogP contribution in [0, 0.1) is 0 Å². The fourth-order valence-corrected chi connectivity index (χ4v) is 2.03. The van der Waals surface area contributed by atoms with Crippen LogP contribution in [-0.2, 0) is 4.74 Å². The molecule has 1 aromatic carbocycles. The molecule has 0 radical (unpaired) electrons. The number of anilines is 2. The minimum atomic E-state index is 0.339. The zero-order chi connectivity index (χ0) is 11.7. The van der Waals surface area contributed by atoms with Crippen LogP contribution in [0.25, 0.3) is 10.9 Å². The molecule has 5 heteroatoms. The van der Waals surface area contributed by atoms with Gasteiger partial charge in [0.05, 0.1) is 18.2 Å². The number of aromatic nitrogens is 2. The lowest BCUT2D eigenvalue weighted by Crippen LogP contribution is -2.19. The fourth-order valence-electron chi connectivity index (χ4n) is 2.03. The first-order valence-corrected chi connectivity index (χ1v) is 5.67. The van der Waals surface area contributed by atoms with Gasteiger partial charge in [0.1, 0.15) is 12.1 Å². The molecule has 0 aliphatic carbocycles. The van der Waals surface area contributed by atoms with E-state index in [9.17, 15) is 0 Å². The number of nitrogens with two attached hydrogens (primary N) is 1. The first-order valence-electron chi connectivity index (χ1n) is 5.67. The van der Waals surface area contributed by atoms with Gasteiger partial charge in [0, 0.05) is 17.7 Å². The summed E-state index contributed by atoms with van der Waals surface area (Å²) >= 11 is 0. The maximum atomic E-state index is 5.74. The smallest absolute Gasteiger partial charge is 0.137 e. The quantitative estimate of drug-likeness (QED) is 0.763. The molecule has 17 heavy (non-hydrogen) atoms. The average Bonchev–Trinajstić information content (AvgIpc) is 2.82. The van der Waals surface area contributed by atoms with Crippen LogP contribution in [0.1, 0.15) is 6.42 Å². The Morgan fingerprint density at radius 3 is 3.12 bits per heavy atom. The Kier molecular flexibility index (Phi) is 2.53. The summed E-state index contributed by atoms with van der Waals surface area (Å²) in [6.45, 7) is 1.55. The summed E-state index contributed by atoms with van der Waals surface area (Å²) in [6, 6.07) is 6.00. The molecule has 1 saturated heterocycles. The Balaban J connectivity index is 1.97. The third-order valence-corrected chi connectivity index (χ3v) is 2.93. The third kappa shape index (κ3) is 2.01. The Morgan fingerprint density at radius 2 is 2.29 bits per heavy atom. The molecular weight excluding hydrogens is 216 g/mol. The van der Waals surface area contributed by atoms with Crippen LogP contribution >= 0.6 is 0 Å². The minimum Gasteiger partial charge on any atom is -0.399 e. The van der Waals surface area contributed by atoms with Crippen molar-refractivity contribution >= 4 is 22.4 Å². The first-order chi connectivity index (χ1) is 8.33. The number of benzene rings is 1. The molecule has 1 fully saturated rings. The lowest BCUT2D eigenvalue weighted by Gasteiger charge is -2.12. The highest BCUT2D eigenvalue weighted by Gasteiger charge is 2.16. The van der Waals surface area contributed by atoms with Gasteiger partial charge in [-0.2, -0.15) is 0 Å². The lowest BCUT2D eigenvalue weighted by molar-refractivity contribution is 0.195. The zero-order valence-corrected chi connectivity index (χ0v) is 9.39. The number of nitrogens with one attached hydrogen (secondary N) is 1. The Bertz CT molecular complexity index is 537. The summed E-state index contributed by atoms with van der Waals surface area (Å²) in [5.74, 6) is 0.852. The van der Waals surface area contributed by atoms with E-state index in [4.69, 9.17) is 10.5 Å². The van der Waals surface area contributed by atoms with Crippen LogP contribution in [-0.4, -0.2) is 29.2 Å².